The molecule has 0 unspecified atom stereocenters. The molecule has 0 bridgehead atoms. The average molecular weight is 436 g/mol. The summed E-state index contributed by atoms with van der Waals surface area (Å²) in [6.07, 6.45) is 5.96. The van der Waals surface area contributed by atoms with Gasteiger partial charge < -0.3 is 17.2 Å². The largest absolute Gasteiger partial charge is 0.399 e. The van der Waals surface area contributed by atoms with Crippen molar-refractivity contribution >= 4 is 17.1 Å². The zero-order chi connectivity index (χ0) is 23.0. The molecular weight excluding hydrogens is 402 g/mol. The molecule has 3 heteroatoms. The van der Waals surface area contributed by atoms with Crippen LogP contribution in [0, 0.1) is 0 Å². The van der Waals surface area contributed by atoms with E-state index in [-0.39, 0.29) is 0 Å². The Hall–Kier alpha value is -3.72. The summed E-state index contributed by atoms with van der Waals surface area (Å²) in [7, 11) is 0. The van der Waals surface area contributed by atoms with Gasteiger partial charge in [0.2, 0.25) is 0 Å². The Bertz CT molecular complexity index is 1050. The SMILES string of the molecule is Nc1cccc(CCc2cc(CCc3cccc(N)c3)cc(CCc3cccc(N)c3)c2)c1. The van der Waals surface area contributed by atoms with E-state index in [0.29, 0.717) is 0 Å². The Kier molecular flexibility index (Phi) is 7.31. The lowest BCUT2D eigenvalue weighted by Crippen LogP contribution is -2.00. The van der Waals surface area contributed by atoms with Crippen LogP contribution in [0.25, 0.3) is 0 Å². The van der Waals surface area contributed by atoms with Crippen molar-refractivity contribution in [2.45, 2.75) is 38.5 Å². The first-order chi connectivity index (χ1) is 16.0. The lowest BCUT2D eigenvalue weighted by molar-refractivity contribution is 0.903. The van der Waals surface area contributed by atoms with Crippen LogP contribution in [0.15, 0.2) is 91.0 Å². The standard InChI is InChI=1S/C30H33N3/c31-28-7-1-4-22(19-28)10-13-25-16-26(14-11-23-5-2-8-29(32)20-23)18-27(17-25)15-12-24-6-3-9-30(33)21-24/h1-9,16-21H,10-15,31-33H2. The second kappa shape index (κ2) is 10.7. The van der Waals surface area contributed by atoms with Gasteiger partial charge in [0.1, 0.15) is 0 Å². The van der Waals surface area contributed by atoms with Crippen molar-refractivity contribution in [2.24, 2.45) is 0 Å². The fourth-order valence-electron chi connectivity index (χ4n) is 4.38. The number of hydrogen-bond donors (Lipinski definition) is 3. The number of aryl methyl sites for hydroxylation is 6. The summed E-state index contributed by atoms with van der Waals surface area (Å²) >= 11 is 0. The van der Waals surface area contributed by atoms with E-state index < -0.39 is 0 Å². The van der Waals surface area contributed by atoms with E-state index in [0.717, 1.165) is 55.6 Å². The third kappa shape index (κ3) is 6.88. The molecule has 0 aliphatic carbocycles. The highest BCUT2D eigenvalue weighted by Gasteiger charge is 2.06. The van der Waals surface area contributed by atoms with Crippen molar-refractivity contribution in [1.29, 1.82) is 0 Å². The maximum absolute atomic E-state index is 5.97. The molecule has 168 valence electrons. The minimum atomic E-state index is 0.825. The zero-order valence-corrected chi connectivity index (χ0v) is 19.1. The highest BCUT2D eigenvalue weighted by atomic mass is 14.5. The van der Waals surface area contributed by atoms with Gasteiger partial charge in [-0.15, -0.1) is 0 Å². The van der Waals surface area contributed by atoms with Crippen LogP contribution in [-0.2, 0) is 38.5 Å². The first kappa shape index (κ1) is 22.5. The third-order valence-electron chi connectivity index (χ3n) is 6.07. The molecule has 4 rings (SSSR count). The predicted molar refractivity (Wildman–Crippen MR) is 141 cm³/mol. The Morgan fingerprint density at radius 2 is 0.606 bits per heavy atom. The van der Waals surface area contributed by atoms with Crippen molar-refractivity contribution in [3.05, 3.63) is 124 Å². The van der Waals surface area contributed by atoms with Gasteiger partial charge in [-0.1, -0.05) is 54.6 Å². The van der Waals surface area contributed by atoms with Gasteiger partial charge in [0.15, 0.2) is 0 Å². The fourth-order valence-corrected chi connectivity index (χ4v) is 4.38. The maximum Gasteiger partial charge on any atom is 0.0316 e. The molecule has 0 atom stereocenters. The minimum absolute atomic E-state index is 0.825. The van der Waals surface area contributed by atoms with Crippen LogP contribution in [0.3, 0.4) is 0 Å². The lowest BCUT2D eigenvalue weighted by Gasteiger charge is -2.12. The fraction of sp³-hybridized carbons (Fsp3) is 0.200. The number of nitrogen functional groups attached to an aromatic ring is 3. The molecule has 0 saturated heterocycles. The van der Waals surface area contributed by atoms with Crippen LogP contribution in [0.5, 0.6) is 0 Å². The van der Waals surface area contributed by atoms with Crippen LogP contribution < -0.4 is 17.2 Å². The van der Waals surface area contributed by atoms with Crippen LogP contribution in [0.4, 0.5) is 17.1 Å². The highest BCUT2D eigenvalue weighted by Crippen LogP contribution is 2.19. The maximum atomic E-state index is 5.97. The van der Waals surface area contributed by atoms with Crippen LogP contribution in [-0.4, -0.2) is 0 Å². The van der Waals surface area contributed by atoms with Crippen LogP contribution in [0.2, 0.25) is 0 Å². The van der Waals surface area contributed by atoms with E-state index in [4.69, 9.17) is 17.2 Å². The van der Waals surface area contributed by atoms with E-state index in [1.54, 1.807) is 0 Å². The van der Waals surface area contributed by atoms with Crippen molar-refractivity contribution in [1.82, 2.24) is 0 Å². The summed E-state index contributed by atoms with van der Waals surface area (Å²) in [6, 6.07) is 31.7. The van der Waals surface area contributed by atoms with Crippen molar-refractivity contribution < 1.29 is 0 Å². The lowest BCUT2D eigenvalue weighted by atomic mass is 9.94. The minimum Gasteiger partial charge on any atom is -0.399 e. The molecule has 0 aromatic heterocycles. The van der Waals surface area contributed by atoms with Gasteiger partial charge in [-0.2, -0.15) is 0 Å². The van der Waals surface area contributed by atoms with Gasteiger partial charge >= 0.3 is 0 Å². The van der Waals surface area contributed by atoms with Crippen molar-refractivity contribution in [3.63, 3.8) is 0 Å². The predicted octanol–water partition coefficient (Wildman–Crippen LogP) is 5.79. The second-order valence-electron chi connectivity index (χ2n) is 8.89. The van der Waals surface area contributed by atoms with Crippen molar-refractivity contribution in [2.75, 3.05) is 17.2 Å². The van der Waals surface area contributed by atoms with Crippen LogP contribution in [0.1, 0.15) is 33.4 Å². The van der Waals surface area contributed by atoms with Crippen molar-refractivity contribution in [3.8, 4) is 0 Å². The molecule has 4 aromatic rings. The van der Waals surface area contributed by atoms with Gasteiger partial charge in [-0.25, -0.2) is 0 Å². The first-order valence-corrected chi connectivity index (χ1v) is 11.7. The molecule has 0 aliphatic heterocycles. The molecule has 33 heavy (non-hydrogen) atoms. The normalized spacial score (nSPS) is 10.9. The van der Waals surface area contributed by atoms with Gasteiger partial charge in [-0.05, 0) is 108 Å². The number of benzene rings is 4. The molecule has 4 aromatic carbocycles. The Labute approximate surface area is 197 Å². The van der Waals surface area contributed by atoms with Gasteiger partial charge in [0.25, 0.3) is 0 Å². The molecule has 0 fully saturated rings. The molecule has 0 spiro atoms. The van der Waals surface area contributed by atoms with E-state index in [2.05, 4.69) is 54.6 Å². The van der Waals surface area contributed by atoms with E-state index in [9.17, 15) is 0 Å². The Morgan fingerprint density at radius 3 is 0.879 bits per heavy atom. The third-order valence-corrected chi connectivity index (χ3v) is 6.07. The smallest absolute Gasteiger partial charge is 0.0316 e. The molecule has 3 nitrogen and oxygen atoms in total. The zero-order valence-electron chi connectivity index (χ0n) is 19.1. The van der Waals surface area contributed by atoms with Crippen LogP contribution >= 0.6 is 0 Å². The Morgan fingerprint density at radius 1 is 0.333 bits per heavy atom. The molecule has 0 saturated carbocycles. The van der Waals surface area contributed by atoms with Gasteiger partial charge in [-0.3, -0.25) is 0 Å². The summed E-state index contributed by atoms with van der Waals surface area (Å²) in [5.41, 5.74) is 28.4. The number of hydrogen-bond acceptors (Lipinski definition) is 3. The molecular formula is C30H33N3. The summed E-state index contributed by atoms with van der Waals surface area (Å²) in [5.74, 6) is 0. The molecule has 0 amide bonds. The summed E-state index contributed by atoms with van der Waals surface area (Å²) < 4.78 is 0. The monoisotopic (exact) mass is 435 g/mol. The van der Waals surface area contributed by atoms with E-state index >= 15 is 0 Å². The van der Waals surface area contributed by atoms with Gasteiger partial charge in [0, 0.05) is 17.1 Å². The summed E-state index contributed by atoms with van der Waals surface area (Å²) in [5, 5.41) is 0. The quantitative estimate of drug-likeness (QED) is 0.291. The average Bonchev–Trinajstić information content (AvgIpc) is 2.80. The summed E-state index contributed by atoms with van der Waals surface area (Å²) in [4.78, 5) is 0. The first-order valence-electron chi connectivity index (χ1n) is 11.7. The number of rotatable bonds is 9. The number of nitrogens with two attached hydrogens (primary N) is 3. The Balaban J connectivity index is 1.50. The molecule has 0 aliphatic rings. The molecule has 0 heterocycles. The van der Waals surface area contributed by atoms with E-state index in [1.165, 1.54) is 33.4 Å². The second-order valence-corrected chi connectivity index (χ2v) is 8.89. The number of anilines is 3. The summed E-state index contributed by atoms with van der Waals surface area (Å²) in [6.45, 7) is 0. The molecule has 6 N–H and O–H groups in total. The highest BCUT2D eigenvalue weighted by molar-refractivity contribution is 5.43. The topological polar surface area (TPSA) is 78.1 Å². The van der Waals surface area contributed by atoms with Gasteiger partial charge in [0.05, 0.1) is 0 Å². The van der Waals surface area contributed by atoms with E-state index in [1.807, 2.05) is 36.4 Å². The molecule has 0 radical (unpaired) electrons.